The molecule has 1 amide bonds. The molecule has 22 heavy (non-hydrogen) atoms. The molecule has 1 aromatic rings. The van der Waals surface area contributed by atoms with Crippen LogP contribution in [0.1, 0.15) is 37.9 Å². The first kappa shape index (κ1) is 18.3. The van der Waals surface area contributed by atoms with Crippen LogP contribution in [0.15, 0.2) is 18.2 Å². The summed E-state index contributed by atoms with van der Waals surface area (Å²) in [4.78, 5) is 22.7. The van der Waals surface area contributed by atoms with Crippen LogP contribution in [0.2, 0.25) is 5.02 Å². The zero-order chi connectivity index (χ0) is 17.1. The van der Waals surface area contributed by atoms with Gasteiger partial charge in [-0.05, 0) is 39.0 Å². The Kier molecular flexibility index (Phi) is 5.45. The van der Waals surface area contributed by atoms with Crippen LogP contribution < -0.4 is 5.32 Å². The zero-order valence-corrected chi connectivity index (χ0v) is 12.9. The van der Waals surface area contributed by atoms with Gasteiger partial charge in [0.25, 0.3) is 0 Å². The Bertz CT molecular complexity index is 567. The largest absolute Gasteiger partial charge is 0.444 e. The number of amides is 1. The smallest absolute Gasteiger partial charge is 0.416 e. The normalized spacial score (nSPS) is 13.4. The van der Waals surface area contributed by atoms with Crippen LogP contribution in [-0.4, -0.2) is 18.0 Å². The van der Waals surface area contributed by atoms with Crippen LogP contribution in [-0.2, 0) is 15.7 Å². The first-order valence-electron chi connectivity index (χ1n) is 6.25. The lowest BCUT2D eigenvalue weighted by atomic mass is 10.0. The molecule has 1 atom stereocenters. The lowest BCUT2D eigenvalue weighted by molar-refractivity contribution is -0.137. The monoisotopic (exact) mass is 337 g/mol. The van der Waals surface area contributed by atoms with Crippen molar-refractivity contribution in [3.8, 4) is 0 Å². The third-order valence-corrected chi connectivity index (χ3v) is 2.81. The molecule has 0 fully saturated rings. The minimum absolute atomic E-state index is 0.0684. The fourth-order valence-corrected chi connectivity index (χ4v) is 1.81. The van der Waals surface area contributed by atoms with E-state index in [1.165, 1.54) is 0 Å². The van der Waals surface area contributed by atoms with Crippen LogP contribution >= 0.6 is 11.6 Å². The Hall–Kier alpha value is -1.76. The van der Waals surface area contributed by atoms with Crippen LogP contribution in [0.5, 0.6) is 0 Å². The van der Waals surface area contributed by atoms with E-state index in [0.717, 1.165) is 18.2 Å². The SMILES string of the molecule is CC(C)(C)OC(=O)NC(C=O)c1cc(C(F)(F)F)ccc1Cl. The van der Waals surface area contributed by atoms with Crippen LogP contribution in [0.3, 0.4) is 0 Å². The van der Waals surface area contributed by atoms with Gasteiger partial charge in [-0.15, -0.1) is 0 Å². The minimum Gasteiger partial charge on any atom is -0.444 e. The molecular weight excluding hydrogens is 323 g/mol. The molecule has 0 aliphatic heterocycles. The van der Waals surface area contributed by atoms with Gasteiger partial charge >= 0.3 is 12.3 Å². The highest BCUT2D eigenvalue weighted by Crippen LogP contribution is 2.33. The molecular formula is C14H15ClF3NO3. The van der Waals surface area contributed by atoms with Gasteiger partial charge in [0.1, 0.15) is 17.9 Å². The summed E-state index contributed by atoms with van der Waals surface area (Å²) < 4.78 is 43.1. The summed E-state index contributed by atoms with van der Waals surface area (Å²) in [6.07, 6.45) is -5.23. The number of benzene rings is 1. The van der Waals surface area contributed by atoms with E-state index in [4.69, 9.17) is 16.3 Å². The summed E-state index contributed by atoms with van der Waals surface area (Å²) in [5.74, 6) is 0. The number of hydrogen-bond acceptors (Lipinski definition) is 3. The standard InChI is InChI=1S/C14H15ClF3NO3/c1-13(2,3)22-12(21)19-11(7-20)9-6-8(14(16,17)18)4-5-10(9)15/h4-7,11H,1-3H3,(H,19,21). The van der Waals surface area contributed by atoms with E-state index < -0.39 is 29.5 Å². The van der Waals surface area contributed by atoms with E-state index in [0.29, 0.717) is 0 Å². The Morgan fingerprint density at radius 3 is 2.36 bits per heavy atom. The van der Waals surface area contributed by atoms with Crippen molar-refractivity contribution in [1.29, 1.82) is 0 Å². The van der Waals surface area contributed by atoms with Gasteiger partial charge in [-0.25, -0.2) is 4.79 Å². The fourth-order valence-electron chi connectivity index (χ4n) is 1.58. The maximum Gasteiger partial charge on any atom is 0.416 e. The fraction of sp³-hybridized carbons (Fsp3) is 0.429. The molecule has 0 aliphatic carbocycles. The molecule has 8 heteroatoms. The van der Waals surface area contributed by atoms with E-state index in [-0.39, 0.29) is 16.9 Å². The van der Waals surface area contributed by atoms with Gasteiger partial charge in [-0.3, -0.25) is 0 Å². The first-order chi connectivity index (χ1) is 9.94. The summed E-state index contributed by atoms with van der Waals surface area (Å²) in [6.45, 7) is 4.83. The average molecular weight is 338 g/mol. The summed E-state index contributed by atoms with van der Waals surface area (Å²) in [5, 5.41) is 2.11. The van der Waals surface area contributed by atoms with Crippen molar-refractivity contribution in [3.05, 3.63) is 34.3 Å². The first-order valence-corrected chi connectivity index (χ1v) is 6.63. The predicted octanol–water partition coefficient (Wildman–Crippen LogP) is 4.12. The third-order valence-electron chi connectivity index (χ3n) is 2.47. The molecule has 1 N–H and O–H groups in total. The number of rotatable bonds is 3. The Labute approximate surface area is 130 Å². The van der Waals surface area contributed by atoms with Crippen LogP contribution in [0.4, 0.5) is 18.0 Å². The number of alkyl carbamates (subject to hydrolysis) is 1. The van der Waals surface area contributed by atoms with Crippen molar-refractivity contribution in [1.82, 2.24) is 5.32 Å². The number of halogens is 4. The van der Waals surface area contributed by atoms with Crippen molar-refractivity contribution in [2.75, 3.05) is 0 Å². The Balaban J connectivity index is 3.05. The van der Waals surface area contributed by atoms with E-state index in [1.807, 2.05) is 0 Å². The molecule has 122 valence electrons. The third kappa shape index (κ3) is 5.22. The van der Waals surface area contributed by atoms with E-state index in [1.54, 1.807) is 20.8 Å². The van der Waals surface area contributed by atoms with E-state index in [9.17, 15) is 22.8 Å². The van der Waals surface area contributed by atoms with Gasteiger partial charge < -0.3 is 14.8 Å². The number of alkyl halides is 3. The van der Waals surface area contributed by atoms with Gasteiger partial charge in [-0.1, -0.05) is 11.6 Å². The molecule has 0 saturated heterocycles. The molecule has 0 aliphatic rings. The summed E-state index contributed by atoms with van der Waals surface area (Å²) >= 11 is 5.82. The van der Waals surface area contributed by atoms with Gasteiger partial charge in [0.15, 0.2) is 0 Å². The highest BCUT2D eigenvalue weighted by molar-refractivity contribution is 6.31. The maximum atomic E-state index is 12.7. The highest BCUT2D eigenvalue weighted by Gasteiger charge is 2.32. The number of nitrogens with one attached hydrogen (secondary N) is 1. The molecule has 1 rings (SSSR count). The quantitative estimate of drug-likeness (QED) is 0.844. The second-order valence-electron chi connectivity index (χ2n) is 5.49. The molecule has 0 heterocycles. The van der Waals surface area contributed by atoms with Crippen LogP contribution in [0, 0.1) is 0 Å². The molecule has 1 unspecified atom stereocenters. The summed E-state index contributed by atoms with van der Waals surface area (Å²) in [5.41, 5.74) is -1.93. The Morgan fingerprint density at radius 1 is 1.32 bits per heavy atom. The Morgan fingerprint density at radius 2 is 1.91 bits per heavy atom. The van der Waals surface area contributed by atoms with Crippen LogP contribution in [0.25, 0.3) is 0 Å². The van der Waals surface area contributed by atoms with Crippen molar-refractivity contribution in [2.24, 2.45) is 0 Å². The predicted molar refractivity (Wildman–Crippen MR) is 74.6 cm³/mol. The topological polar surface area (TPSA) is 55.4 Å². The highest BCUT2D eigenvalue weighted by atomic mass is 35.5. The van der Waals surface area contributed by atoms with Gasteiger partial charge in [0.2, 0.25) is 0 Å². The molecule has 1 aromatic carbocycles. The van der Waals surface area contributed by atoms with Gasteiger partial charge in [0.05, 0.1) is 5.56 Å². The van der Waals surface area contributed by atoms with Gasteiger partial charge in [-0.2, -0.15) is 13.2 Å². The molecule has 0 bridgehead atoms. The number of hydrogen-bond donors (Lipinski definition) is 1. The molecule has 0 spiro atoms. The lowest BCUT2D eigenvalue weighted by Crippen LogP contribution is -2.35. The van der Waals surface area contributed by atoms with E-state index >= 15 is 0 Å². The molecule has 0 aromatic heterocycles. The molecule has 0 radical (unpaired) electrons. The summed E-state index contributed by atoms with van der Waals surface area (Å²) in [7, 11) is 0. The lowest BCUT2D eigenvalue weighted by Gasteiger charge is -2.22. The van der Waals surface area contributed by atoms with Crippen molar-refractivity contribution in [2.45, 2.75) is 38.6 Å². The second-order valence-corrected chi connectivity index (χ2v) is 5.90. The van der Waals surface area contributed by atoms with Gasteiger partial charge in [0, 0.05) is 10.6 Å². The van der Waals surface area contributed by atoms with Crippen molar-refractivity contribution >= 4 is 24.0 Å². The minimum atomic E-state index is -4.58. The van der Waals surface area contributed by atoms with Crippen molar-refractivity contribution < 1.29 is 27.5 Å². The number of ether oxygens (including phenoxy) is 1. The molecule has 4 nitrogen and oxygen atoms in total. The maximum absolute atomic E-state index is 12.7. The molecule has 0 saturated carbocycles. The number of carbonyl (C=O) groups excluding carboxylic acids is 2. The second kappa shape index (κ2) is 6.56. The van der Waals surface area contributed by atoms with E-state index in [2.05, 4.69) is 5.32 Å². The number of carbonyl (C=O) groups is 2. The van der Waals surface area contributed by atoms with Crippen molar-refractivity contribution in [3.63, 3.8) is 0 Å². The average Bonchev–Trinajstić information content (AvgIpc) is 2.33. The zero-order valence-electron chi connectivity index (χ0n) is 12.1. The summed E-state index contributed by atoms with van der Waals surface area (Å²) in [6, 6.07) is 1.19. The number of aldehydes is 1.